The molecule has 19 rings (SSSR count). The molecule has 0 spiro atoms. The normalized spacial score (nSPS) is 26.5. The molecule has 2 aromatic heterocycles. The molecule has 0 unspecified atom stereocenters. The second-order valence-electron chi connectivity index (χ2n) is 35.9. The van der Waals surface area contributed by atoms with Crippen molar-refractivity contribution < 1.29 is 29.4 Å². The van der Waals surface area contributed by atoms with E-state index < -0.39 is 11.0 Å². The van der Waals surface area contributed by atoms with Crippen molar-refractivity contribution in [2.24, 2.45) is 34.6 Å². The van der Waals surface area contributed by atoms with Crippen LogP contribution in [0.4, 0.5) is 0 Å². The van der Waals surface area contributed by atoms with Crippen LogP contribution in [0.1, 0.15) is 197 Å². The van der Waals surface area contributed by atoms with E-state index in [4.69, 9.17) is 0 Å². The summed E-state index contributed by atoms with van der Waals surface area (Å²) in [5.74, 6) is 3.62. The number of phenolic OH excluding ortho intramolecular Hbond substituents is 1. The van der Waals surface area contributed by atoms with E-state index in [1.807, 2.05) is 61.9 Å². The van der Waals surface area contributed by atoms with E-state index in [0.29, 0.717) is 87.1 Å². The van der Waals surface area contributed by atoms with Crippen molar-refractivity contribution in [2.75, 3.05) is 65.4 Å². The number of benzene rings is 6. The van der Waals surface area contributed by atoms with Gasteiger partial charge in [0, 0.05) is 128 Å². The third-order valence-corrected chi connectivity index (χ3v) is 28.9. The number of aryl methyl sites for hydroxylation is 1. The van der Waals surface area contributed by atoms with Crippen molar-refractivity contribution in [3.63, 3.8) is 0 Å². The molecule has 3 amide bonds. The van der Waals surface area contributed by atoms with Crippen LogP contribution in [0.3, 0.4) is 0 Å². The third-order valence-electron chi connectivity index (χ3n) is 28.9. The molecule has 11 aliphatic rings. The Kier molecular flexibility index (Phi) is 21.5. The van der Waals surface area contributed by atoms with Gasteiger partial charge in [0.2, 0.25) is 0 Å². The lowest BCUT2D eigenvalue weighted by molar-refractivity contribution is -0.173. The SMILES string of the molecule is C[C@H]1[C@H]2Cc3ccc(C(=O)NCCc4ccc(C5=CCN=C5)cc4)cc3[C@]1(C)CCN2CC1CC1.Cc1ccc(-c2ccc(CCNC(=O)c3ccc4c(c3)[C@]3(C)CCN(CC5CC5)[C@H](C4)[C@@H]3C)cc2)cn1.O=C1CC[C@@]2(O)[C@H]3Cc4ccc(C(=O)NCCc5ccc(-c6cccnc6)cc5)c(O)c4[C@@]2(CCN3CC2CC2)C1. The number of carbonyl (C=O) groups is 4. The van der Waals surface area contributed by atoms with E-state index in [2.05, 4.69) is 183 Å². The molecule has 9 atom stereocenters. The first-order valence-electron chi connectivity index (χ1n) is 42.5. The van der Waals surface area contributed by atoms with E-state index in [0.717, 1.165) is 107 Å². The summed E-state index contributed by atoms with van der Waals surface area (Å²) in [5.41, 5.74) is 18.9. The van der Waals surface area contributed by atoms with Gasteiger partial charge in [-0.2, -0.15) is 0 Å². The molecule has 113 heavy (non-hydrogen) atoms. The Morgan fingerprint density at radius 3 is 1.53 bits per heavy atom. The van der Waals surface area contributed by atoms with Crippen LogP contribution >= 0.6 is 0 Å². The van der Waals surface area contributed by atoms with Crippen LogP contribution in [0.2, 0.25) is 0 Å². The van der Waals surface area contributed by atoms with Crippen molar-refractivity contribution in [2.45, 2.75) is 190 Å². The number of fused-ring (bicyclic) bond motifs is 9. The first kappa shape index (κ1) is 76.4. The summed E-state index contributed by atoms with van der Waals surface area (Å²) in [6, 6.07) is 51.3. The maximum absolute atomic E-state index is 13.3. The number of ketones is 1. The Morgan fingerprint density at radius 1 is 0.540 bits per heavy atom. The Bertz CT molecular complexity index is 4920. The van der Waals surface area contributed by atoms with Crippen LogP contribution in [0.15, 0.2) is 175 Å². The summed E-state index contributed by atoms with van der Waals surface area (Å²) in [6.45, 7) is 21.0. The molecule has 3 saturated heterocycles. The number of likely N-dealkylation sites (tertiary alicyclic amines) is 3. The lowest BCUT2D eigenvalue weighted by Crippen LogP contribution is -2.73. The summed E-state index contributed by atoms with van der Waals surface area (Å²) in [4.78, 5) is 73.1. The van der Waals surface area contributed by atoms with E-state index in [9.17, 15) is 29.4 Å². The summed E-state index contributed by atoms with van der Waals surface area (Å²) in [7, 11) is 0. The van der Waals surface area contributed by atoms with Gasteiger partial charge in [0.25, 0.3) is 17.7 Å². The number of hydrogen-bond acceptors (Lipinski definition) is 12. The van der Waals surface area contributed by atoms with Crippen molar-refractivity contribution >= 4 is 35.3 Å². The molecular formula is C98H113N9O6. The van der Waals surface area contributed by atoms with Crippen molar-refractivity contribution in [1.29, 1.82) is 0 Å². The number of aromatic hydroxyl groups is 1. The van der Waals surface area contributed by atoms with Crippen LogP contribution in [-0.2, 0) is 59.6 Å². The van der Waals surface area contributed by atoms with E-state index >= 15 is 0 Å². The number of pyridine rings is 2. The Hall–Kier alpha value is -9.25. The van der Waals surface area contributed by atoms with E-state index in [-0.39, 0.29) is 58.1 Å². The van der Waals surface area contributed by atoms with Gasteiger partial charge in [-0.1, -0.05) is 137 Å². The van der Waals surface area contributed by atoms with Crippen molar-refractivity contribution in [3.05, 3.63) is 248 Å². The minimum Gasteiger partial charge on any atom is -0.507 e. The quantitative estimate of drug-likeness (QED) is 0.0460. The Morgan fingerprint density at radius 2 is 1.04 bits per heavy atom. The van der Waals surface area contributed by atoms with Crippen molar-refractivity contribution in [1.82, 2.24) is 40.6 Å². The molecule has 4 aliphatic heterocycles. The average molecular weight is 1510 g/mol. The summed E-state index contributed by atoms with van der Waals surface area (Å²) >= 11 is 0. The van der Waals surface area contributed by atoms with Crippen LogP contribution in [-0.4, -0.2) is 154 Å². The second-order valence-corrected chi connectivity index (χ2v) is 35.9. The highest BCUT2D eigenvalue weighted by Gasteiger charge is 2.66. The number of piperidine rings is 3. The fourth-order valence-corrected chi connectivity index (χ4v) is 21.0. The number of aliphatic imine (C=N–C) groups is 1. The molecule has 8 aromatic rings. The lowest BCUT2D eigenvalue weighted by Gasteiger charge is -2.63. The predicted octanol–water partition coefficient (Wildman–Crippen LogP) is 15.2. The first-order valence-corrected chi connectivity index (χ1v) is 42.5. The van der Waals surface area contributed by atoms with E-state index in [1.165, 1.54) is 122 Å². The summed E-state index contributed by atoms with van der Waals surface area (Å²) < 4.78 is 0. The number of Topliss-reactive ketones (excluding diaryl/α,β-unsaturated/α-hetero) is 1. The Labute approximate surface area is 668 Å². The van der Waals surface area contributed by atoms with E-state index in [1.54, 1.807) is 12.3 Å². The highest BCUT2D eigenvalue weighted by atomic mass is 16.3. The topological polar surface area (TPSA) is 193 Å². The largest absolute Gasteiger partial charge is 0.507 e. The maximum atomic E-state index is 13.3. The number of rotatable bonds is 21. The molecular weight excluding hydrogens is 1400 g/mol. The van der Waals surface area contributed by atoms with Gasteiger partial charge in [0.15, 0.2) is 0 Å². The van der Waals surface area contributed by atoms with Crippen LogP contribution < -0.4 is 16.0 Å². The van der Waals surface area contributed by atoms with Crippen LogP contribution in [0.25, 0.3) is 27.8 Å². The van der Waals surface area contributed by atoms with Gasteiger partial charge < -0.3 is 26.2 Å². The number of aliphatic hydroxyl groups is 1. The zero-order valence-electron chi connectivity index (χ0n) is 66.9. The monoisotopic (exact) mass is 1510 g/mol. The number of nitrogens with zero attached hydrogens (tertiary/aromatic N) is 6. The molecule has 15 heteroatoms. The van der Waals surface area contributed by atoms with Crippen LogP contribution in [0.5, 0.6) is 5.75 Å². The number of amides is 3. The van der Waals surface area contributed by atoms with Crippen LogP contribution in [0, 0.1) is 36.5 Å². The van der Waals surface area contributed by atoms with Gasteiger partial charge in [-0.3, -0.25) is 48.8 Å². The van der Waals surface area contributed by atoms with Crippen molar-refractivity contribution in [3.8, 4) is 28.0 Å². The lowest BCUT2D eigenvalue weighted by atomic mass is 9.49. The number of nitrogens with one attached hydrogen (secondary N) is 3. The van der Waals surface area contributed by atoms with Gasteiger partial charge in [-0.05, 0) is 285 Å². The van der Waals surface area contributed by atoms with Gasteiger partial charge >= 0.3 is 0 Å². The molecule has 0 radical (unpaired) electrons. The number of aromatic nitrogens is 2. The summed E-state index contributed by atoms with van der Waals surface area (Å²) in [5, 5.41) is 33.3. The molecule has 4 saturated carbocycles. The highest BCUT2D eigenvalue weighted by molar-refractivity contribution is 6.11. The minimum absolute atomic E-state index is 0.0368. The molecule has 6 bridgehead atoms. The zero-order chi connectivity index (χ0) is 77.8. The van der Waals surface area contributed by atoms with Gasteiger partial charge in [-0.15, -0.1) is 0 Å². The van der Waals surface area contributed by atoms with Gasteiger partial charge in [-0.25, -0.2) is 0 Å². The smallest absolute Gasteiger partial charge is 0.255 e. The highest BCUT2D eigenvalue weighted by Crippen LogP contribution is 2.61. The maximum Gasteiger partial charge on any atom is 0.255 e. The fourth-order valence-electron chi connectivity index (χ4n) is 21.0. The Balaban J connectivity index is 0.000000123. The average Bonchev–Trinajstić information content (AvgIpc) is 1.67. The fraction of sp³-hybridized carbons (Fsp3) is 0.459. The minimum atomic E-state index is -1.09. The number of hydrogen-bond donors (Lipinski definition) is 5. The molecule has 7 fully saturated rings. The molecule has 5 N–H and O–H groups in total. The second kappa shape index (κ2) is 31.9. The molecule has 7 aliphatic carbocycles. The molecule has 6 aromatic carbocycles. The zero-order valence-corrected chi connectivity index (χ0v) is 66.9. The van der Waals surface area contributed by atoms with Gasteiger partial charge in [0.05, 0.1) is 17.7 Å². The molecule has 586 valence electrons. The first-order chi connectivity index (χ1) is 54.8. The molecule has 15 nitrogen and oxygen atoms in total. The number of allylic oxidation sites excluding steroid dienone is 1. The number of carbonyl (C=O) groups excluding carboxylic acids is 4. The number of phenols is 1. The molecule has 6 heterocycles. The van der Waals surface area contributed by atoms with Gasteiger partial charge in [0.1, 0.15) is 11.5 Å². The third kappa shape index (κ3) is 15.7. The summed E-state index contributed by atoms with van der Waals surface area (Å²) in [6.07, 6.45) is 26.9. The predicted molar refractivity (Wildman–Crippen MR) is 449 cm³/mol. The standard InChI is InChI=1S/C34H37N3O4.C33H39N3O.C31H37N3O/c38-27-11-13-34(41)29-18-25-9-10-28(31(39)30(25)33(34,19-27)14-17-37(29)21-23-3-4-23)32(40)36-16-12-22-5-7-24(8-6-22)26-2-1-15-35-20-26;1-22-4-9-29(20-35-22)26-10-7-24(8-11-26)14-16-34-32(37)28-13-12-27-19-31-23(2)33(3,30(27)18-28)15-17-36(31)21-25-5-6-25;1-21-29-18-25-9-10-26(17-28(25)31(21,2)13-16-34(29)20-23-3-4-23)30(35)33-15-11-22-5-7-24(8-6-22)27-12-14-32-19-27/h1-2,5-10,15,20,23,29,39,41H,3-4,11-14,16-19,21H2,(H,36,40);4,7-13,18,20,23,25,31H,5-6,14-17,19,21H2,1-3H3,(H,34,37);5-10,12,17,19,21,23,29H,3-4,11,13-16,18,20H2,1-2H3,(H,33,35)/t29-,33-,34-;23-,31+,33+;21-,29+,31+/m100/s1.